The quantitative estimate of drug-likeness (QED) is 0.453. The van der Waals surface area contributed by atoms with Gasteiger partial charge in [-0.25, -0.2) is 4.79 Å². The summed E-state index contributed by atoms with van der Waals surface area (Å²) in [5.41, 5.74) is 1.08. The first kappa shape index (κ1) is 16.5. The molecule has 0 heterocycles. The molecule has 0 saturated heterocycles. The summed E-state index contributed by atoms with van der Waals surface area (Å²) in [6.07, 6.45) is 4.28. The number of nitrogens with one attached hydrogen (secondary N) is 1. The number of alkyl halides is 1. The molecule has 0 saturated carbocycles. The highest BCUT2D eigenvalue weighted by molar-refractivity contribution is 6.29. The maximum absolute atomic E-state index is 11.7. The molecule has 1 aromatic rings. The van der Waals surface area contributed by atoms with E-state index in [0.29, 0.717) is 17.9 Å². The lowest BCUT2D eigenvalue weighted by molar-refractivity contribution is -0.113. The van der Waals surface area contributed by atoms with Gasteiger partial charge in [0.15, 0.2) is 0 Å². The monoisotopic (exact) mass is 297 g/mol. The highest BCUT2D eigenvalue weighted by Gasteiger charge is 2.07. The number of hydrogen-bond donors (Lipinski definition) is 1. The van der Waals surface area contributed by atoms with Crippen molar-refractivity contribution in [3.05, 3.63) is 29.8 Å². The lowest BCUT2D eigenvalue weighted by Crippen LogP contribution is -2.12. The molecule has 0 spiro atoms. The van der Waals surface area contributed by atoms with Crippen molar-refractivity contribution in [1.82, 2.24) is 0 Å². The molecule has 20 heavy (non-hydrogen) atoms. The molecule has 110 valence electrons. The first-order valence-electron chi connectivity index (χ1n) is 6.80. The molecule has 0 aromatic heterocycles. The lowest BCUT2D eigenvalue weighted by Gasteiger charge is -2.06. The number of halogens is 1. The fourth-order valence-electron chi connectivity index (χ4n) is 1.66. The van der Waals surface area contributed by atoms with E-state index in [4.69, 9.17) is 16.3 Å². The van der Waals surface area contributed by atoms with Crippen LogP contribution in [0, 0.1) is 0 Å². The number of esters is 1. The Balaban J connectivity index is 2.39. The van der Waals surface area contributed by atoms with Crippen LogP contribution in [0.5, 0.6) is 0 Å². The fraction of sp³-hybridized carbons (Fsp3) is 0.467. The molecule has 0 bridgehead atoms. The van der Waals surface area contributed by atoms with Crippen LogP contribution in [0.4, 0.5) is 5.69 Å². The van der Waals surface area contributed by atoms with Gasteiger partial charge in [-0.1, -0.05) is 26.2 Å². The minimum atomic E-state index is -0.336. The highest BCUT2D eigenvalue weighted by Crippen LogP contribution is 2.11. The predicted molar refractivity (Wildman–Crippen MR) is 80.2 cm³/mol. The number of amides is 1. The zero-order valence-corrected chi connectivity index (χ0v) is 12.4. The van der Waals surface area contributed by atoms with Gasteiger partial charge in [0.2, 0.25) is 5.91 Å². The van der Waals surface area contributed by atoms with Crippen molar-refractivity contribution in [2.75, 3.05) is 17.8 Å². The van der Waals surface area contributed by atoms with E-state index in [2.05, 4.69) is 12.2 Å². The number of rotatable bonds is 8. The van der Waals surface area contributed by atoms with Crippen LogP contribution in [0.25, 0.3) is 0 Å². The van der Waals surface area contributed by atoms with Gasteiger partial charge in [-0.2, -0.15) is 0 Å². The van der Waals surface area contributed by atoms with Crippen LogP contribution in [-0.2, 0) is 9.53 Å². The summed E-state index contributed by atoms with van der Waals surface area (Å²) in [6, 6.07) is 6.55. The van der Waals surface area contributed by atoms with Gasteiger partial charge in [0.25, 0.3) is 0 Å². The molecule has 1 amide bonds. The van der Waals surface area contributed by atoms with Crippen molar-refractivity contribution in [2.24, 2.45) is 0 Å². The molecule has 0 unspecified atom stereocenters. The number of ether oxygens (including phenoxy) is 1. The van der Waals surface area contributed by atoms with E-state index in [9.17, 15) is 9.59 Å². The fourth-order valence-corrected chi connectivity index (χ4v) is 1.73. The van der Waals surface area contributed by atoms with Gasteiger partial charge in [-0.15, -0.1) is 11.6 Å². The van der Waals surface area contributed by atoms with Crippen molar-refractivity contribution in [3.63, 3.8) is 0 Å². The third kappa shape index (κ3) is 6.06. The third-order valence-corrected chi connectivity index (χ3v) is 3.00. The number of unbranched alkanes of at least 4 members (excludes halogenated alkanes) is 3. The second-order valence-electron chi connectivity index (χ2n) is 4.46. The third-order valence-electron chi connectivity index (χ3n) is 2.76. The van der Waals surface area contributed by atoms with Crippen LogP contribution in [0.3, 0.4) is 0 Å². The Morgan fingerprint density at radius 1 is 1.15 bits per heavy atom. The van der Waals surface area contributed by atoms with Gasteiger partial charge in [0, 0.05) is 5.69 Å². The van der Waals surface area contributed by atoms with Crippen LogP contribution in [0.2, 0.25) is 0 Å². The summed E-state index contributed by atoms with van der Waals surface area (Å²) in [6.45, 7) is 2.58. The number of benzene rings is 1. The Hall–Kier alpha value is -1.55. The van der Waals surface area contributed by atoms with E-state index < -0.39 is 0 Å². The molecule has 0 aliphatic rings. The summed E-state index contributed by atoms with van der Waals surface area (Å²) in [5.74, 6) is -0.712. The van der Waals surface area contributed by atoms with Gasteiger partial charge in [-0.05, 0) is 30.7 Å². The molecule has 0 atom stereocenters. The summed E-state index contributed by atoms with van der Waals surface area (Å²) in [5, 5.41) is 2.60. The van der Waals surface area contributed by atoms with Gasteiger partial charge in [-0.3, -0.25) is 4.79 Å². The maximum Gasteiger partial charge on any atom is 0.338 e. The average molecular weight is 298 g/mol. The van der Waals surface area contributed by atoms with E-state index in [1.54, 1.807) is 24.3 Å². The highest BCUT2D eigenvalue weighted by atomic mass is 35.5. The molecule has 0 fully saturated rings. The molecule has 4 nitrogen and oxygen atoms in total. The Bertz CT molecular complexity index is 431. The molecular weight excluding hydrogens is 278 g/mol. The van der Waals surface area contributed by atoms with Crippen molar-refractivity contribution in [3.8, 4) is 0 Å². The molecule has 1 rings (SSSR count). The number of carbonyl (C=O) groups is 2. The lowest BCUT2D eigenvalue weighted by atomic mass is 10.2. The molecule has 0 aliphatic carbocycles. The zero-order chi connectivity index (χ0) is 14.8. The first-order chi connectivity index (χ1) is 9.67. The summed E-state index contributed by atoms with van der Waals surface area (Å²) < 4.78 is 5.17. The van der Waals surface area contributed by atoms with E-state index in [1.165, 1.54) is 0 Å². The molecule has 1 N–H and O–H groups in total. The summed E-state index contributed by atoms with van der Waals surface area (Å²) in [7, 11) is 0. The Kier molecular flexibility index (Phi) is 7.73. The van der Waals surface area contributed by atoms with E-state index in [0.717, 1.165) is 25.7 Å². The molecule has 0 aliphatic heterocycles. The second kappa shape index (κ2) is 9.37. The van der Waals surface area contributed by atoms with Gasteiger partial charge < -0.3 is 10.1 Å². The zero-order valence-electron chi connectivity index (χ0n) is 11.7. The summed E-state index contributed by atoms with van der Waals surface area (Å²) >= 11 is 5.39. The minimum Gasteiger partial charge on any atom is -0.462 e. The average Bonchev–Trinajstić information content (AvgIpc) is 2.47. The number of hydrogen-bond acceptors (Lipinski definition) is 3. The van der Waals surface area contributed by atoms with Crippen molar-refractivity contribution in [2.45, 2.75) is 32.6 Å². The standard InChI is InChI=1S/C15H20ClNO3/c1-2-3-4-5-10-20-15(19)12-6-8-13(9-7-12)17-14(18)11-16/h6-9H,2-5,10-11H2,1H3,(H,17,18). The van der Waals surface area contributed by atoms with Crippen molar-refractivity contribution >= 4 is 29.2 Å². The Morgan fingerprint density at radius 3 is 2.45 bits per heavy atom. The van der Waals surface area contributed by atoms with Crippen LogP contribution >= 0.6 is 11.6 Å². The predicted octanol–water partition coefficient (Wildman–Crippen LogP) is 3.60. The first-order valence-corrected chi connectivity index (χ1v) is 7.33. The minimum absolute atomic E-state index is 0.0957. The number of carbonyl (C=O) groups excluding carboxylic acids is 2. The maximum atomic E-state index is 11.7. The van der Waals surface area contributed by atoms with Crippen LogP contribution in [0.1, 0.15) is 43.0 Å². The van der Waals surface area contributed by atoms with Crippen LogP contribution in [0.15, 0.2) is 24.3 Å². The van der Waals surface area contributed by atoms with Gasteiger partial charge in [0.1, 0.15) is 5.88 Å². The largest absolute Gasteiger partial charge is 0.462 e. The van der Waals surface area contributed by atoms with Crippen LogP contribution < -0.4 is 5.32 Å². The SMILES string of the molecule is CCCCCCOC(=O)c1ccc(NC(=O)CCl)cc1. The smallest absolute Gasteiger partial charge is 0.338 e. The van der Waals surface area contributed by atoms with Gasteiger partial charge >= 0.3 is 5.97 Å². The molecule has 5 heteroatoms. The normalized spacial score (nSPS) is 10.1. The van der Waals surface area contributed by atoms with Crippen LogP contribution in [-0.4, -0.2) is 24.4 Å². The van der Waals surface area contributed by atoms with Crippen molar-refractivity contribution in [1.29, 1.82) is 0 Å². The second-order valence-corrected chi connectivity index (χ2v) is 4.72. The Morgan fingerprint density at radius 2 is 1.85 bits per heavy atom. The van der Waals surface area contributed by atoms with Crippen molar-refractivity contribution < 1.29 is 14.3 Å². The molecular formula is C15H20ClNO3. The van der Waals surface area contributed by atoms with Gasteiger partial charge in [0.05, 0.1) is 12.2 Å². The topological polar surface area (TPSA) is 55.4 Å². The Labute approximate surface area is 124 Å². The van der Waals surface area contributed by atoms with E-state index >= 15 is 0 Å². The van der Waals surface area contributed by atoms with E-state index in [1.807, 2.05) is 0 Å². The molecule has 1 aromatic carbocycles. The molecule has 0 radical (unpaired) electrons. The summed E-state index contributed by atoms with van der Waals surface area (Å²) in [4.78, 5) is 22.8. The number of anilines is 1. The van der Waals surface area contributed by atoms with E-state index in [-0.39, 0.29) is 17.8 Å².